The molecule has 2 heterocycles. The standard InChI is InChI=1S/C14H17N3O2/c1-2-13-17-11-7-10(3-4-12(11)19-13)16-14(18)9-5-6-15-8-9/h3-4,7,9,15H,2,5-6,8H2,1H3,(H,16,18). The van der Waals surface area contributed by atoms with Gasteiger partial charge in [-0.15, -0.1) is 0 Å². The van der Waals surface area contributed by atoms with Crippen LogP contribution in [-0.4, -0.2) is 24.0 Å². The predicted molar refractivity (Wildman–Crippen MR) is 73.0 cm³/mol. The lowest BCUT2D eigenvalue weighted by atomic mass is 10.1. The van der Waals surface area contributed by atoms with Crippen LogP contribution in [0.4, 0.5) is 5.69 Å². The van der Waals surface area contributed by atoms with Crippen LogP contribution in [0, 0.1) is 5.92 Å². The van der Waals surface area contributed by atoms with Crippen molar-refractivity contribution in [2.75, 3.05) is 18.4 Å². The Hall–Kier alpha value is -1.88. The average molecular weight is 259 g/mol. The number of oxazole rings is 1. The molecule has 1 amide bonds. The zero-order valence-electron chi connectivity index (χ0n) is 10.9. The second-order valence-electron chi connectivity index (χ2n) is 4.82. The molecule has 5 nitrogen and oxygen atoms in total. The lowest BCUT2D eigenvalue weighted by molar-refractivity contribution is -0.119. The number of anilines is 1. The Bertz CT molecular complexity index is 600. The van der Waals surface area contributed by atoms with Crippen molar-refractivity contribution < 1.29 is 9.21 Å². The quantitative estimate of drug-likeness (QED) is 0.884. The molecule has 5 heteroatoms. The molecule has 0 radical (unpaired) electrons. The molecule has 1 aliphatic heterocycles. The summed E-state index contributed by atoms with van der Waals surface area (Å²) in [5.41, 5.74) is 2.33. The Balaban J connectivity index is 1.78. The molecule has 0 aliphatic carbocycles. The summed E-state index contributed by atoms with van der Waals surface area (Å²) < 4.78 is 5.54. The van der Waals surface area contributed by atoms with Gasteiger partial charge < -0.3 is 15.1 Å². The molecule has 1 saturated heterocycles. The second kappa shape index (κ2) is 5.01. The number of aromatic nitrogens is 1. The van der Waals surface area contributed by atoms with Crippen LogP contribution in [0.25, 0.3) is 11.1 Å². The van der Waals surface area contributed by atoms with E-state index in [-0.39, 0.29) is 11.8 Å². The number of fused-ring (bicyclic) bond motifs is 1. The maximum absolute atomic E-state index is 12.0. The largest absolute Gasteiger partial charge is 0.441 e. The maximum atomic E-state index is 12.0. The van der Waals surface area contributed by atoms with Crippen molar-refractivity contribution in [3.8, 4) is 0 Å². The first-order valence-electron chi connectivity index (χ1n) is 6.67. The van der Waals surface area contributed by atoms with Crippen molar-refractivity contribution in [3.63, 3.8) is 0 Å². The van der Waals surface area contributed by atoms with E-state index >= 15 is 0 Å². The van der Waals surface area contributed by atoms with E-state index in [9.17, 15) is 4.79 Å². The fourth-order valence-electron chi connectivity index (χ4n) is 2.33. The summed E-state index contributed by atoms with van der Waals surface area (Å²) in [5, 5.41) is 6.13. The number of hydrogen-bond donors (Lipinski definition) is 2. The molecule has 19 heavy (non-hydrogen) atoms. The normalized spacial score (nSPS) is 18.9. The third-order valence-corrected chi connectivity index (χ3v) is 3.43. The first-order chi connectivity index (χ1) is 9.26. The Morgan fingerprint density at radius 3 is 3.21 bits per heavy atom. The van der Waals surface area contributed by atoms with E-state index in [0.29, 0.717) is 0 Å². The summed E-state index contributed by atoms with van der Waals surface area (Å²) in [6, 6.07) is 5.56. The van der Waals surface area contributed by atoms with Crippen LogP contribution < -0.4 is 10.6 Å². The highest BCUT2D eigenvalue weighted by Gasteiger charge is 2.22. The molecular formula is C14H17N3O2. The van der Waals surface area contributed by atoms with Crippen molar-refractivity contribution >= 4 is 22.7 Å². The van der Waals surface area contributed by atoms with Crippen LogP contribution >= 0.6 is 0 Å². The molecule has 2 N–H and O–H groups in total. The van der Waals surface area contributed by atoms with Crippen LogP contribution in [0.3, 0.4) is 0 Å². The van der Waals surface area contributed by atoms with Gasteiger partial charge in [-0.1, -0.05) is 6.92 Å². The highest BCUT2D eigenvalue weighted by atomic mass is 16.3. The van der Waals surface area contributed by atoms with Gasteiger partial charge in [0.1, 0.15) is 5.52 Å². The first kappa shape index (κ1) is 12.2. The van der Waals surface area contributed by atoms with Gasteiger partial charge in [-0.3, -0.25) is 4.79 Å². The number of carbonyl (C=O) groups excluding carboxylic acids is 1. The molecule has 1 atom stereocenters. The SMILES string of the molecule is CCc1nc2cc(NC(=O)C3CCNC3)ccc2o1. The number of nitrogens with zero attached hydrogens (tertiary/aromatic N) is 1. The van der Waals surface area contributed by atoms with Crippen LogP contribution in [0.5, 0.6) is 0 Å². The third kappa shape index (κ3) is 2.46. The molecule has 0 spiro atoms. The fraction of sp³-hybridized carbons (Fsp3) is 0.429. The monoisotopic (exact) mass is 259 g/mol. The highest BCUT2D eigenvalue weighted by Crippen LogP contribution is 2.21. The predicted octanol–water partition coefficient (Wildman–Crippen LogP) is 1.94. The number of amides is 1. The van der Waals surface area contributed by atoms with E-state index in [4.69, 9.17) is 4.42 Å². The van der Waals surface area contributed by atoms with E-state index in [1.54, 1.807) is 0 Å². The van der Waals surface area contributed by atoms with Crippen LogP contribution in [-0.2, 0) is 11.2 Å². The number of nitrogens with one attached hydrogen (secondary N) is 2. The summed E-state index contributed by atoms with van der Waals surface area (Å²) >= 11 is 0. The van der Waals surface area contributed by atoms with Crippen molar-refractivity contribution in [3.05, 3.63) is 24.1 Å². The molecule has 3 rings (SSSR count). The summed E-state index contributed by atoms with van der Waals surface area (Å²) in [6.45, 7) is 3.68. The molecule has 0 bridgehead atoms. The molecular weight excluding hydrogens is 242 g/mol. The molecule has 1 aliphatic rings. The fourth-order valence-corrected chi connectivity index (χ4v) is 2.33. The van der Waals surface area contributed by atoms with Crippen LogP contribution in [0.2, 0.25) is 0 Å². The Labute approximate surface area is 111 Å². The number of hydrogen-bond acceptors (Lipinski definition) is 4. The van der Waals surface area contributed by atoms with Crippen LogP contribution in [0.15, 0.2) is 22.6 Å². The summed E-state index contributed by atoms with van der Waals surface area (Å²) in [5.74, 6) is 0.862. The van der Waals surface area contributed by atoms with Gasteiger partial charge in [0.15, 0.2) is 11.5 Å². The molecule has 1 unspecified atom stereocenters. The number of benzene rings is 1. The zero-order chi connectivity index (χ0) is 13.2. The minimum absolute atomic E-state index is 0.0687. The molecule has 100 valence electrons. The minimum atomic E-state index is 0.0687. The van der Waals surface area contributed by atoms with E-state index < -0.39 is 0 Å². The molecule has 1 aromatic heterocycles. The van der Waals surface area contributed by atoms with Gasteiger partial charge in [-0.25, -0.2) is 4.98 Å². The number of aryl methyl sites for hydroxylation is 1. The van der Waals surface area contributed by atoms with E-state index in [1.807, 2.05) is 25.1 Å². The molecule has 0 saturated carbocycles. The average Bonchev–Trinajstić information content (AvgIpc) is 3.07. The number of rotatable bonds is 3. The van der Waals surface area contributed by atoms with Crippen molar-refractivity contribution in [2.45, 2.75) is 19.8 Å². The number of carbonyl (C=O) groups is 1. The van der Waals surface area contributed by atoms with Gasteiger partial charge in [-0.05, 0) is 31.2 Å². The van der Waals surface area contributed by atoms with E-state index in [2.05, 4.69) is 15.6 Å². The lowest BCUT2D eigenvalue weighted by Gasteiger charge is -2.09. The Morgan fingerprint density at radius 1 is 1.58 bits per heavy atom. The first-order valence-corrected chi connectivity index (χ1v) is 6.67. The van der Waals surface area contributed by atoms with Gasteiger partial charge in [0.2, 0.25) is 5.91 Å². The van der Waals surface area contributed by atoms with E-state index in [0.717, 1.165) is 48.6 Å². The zero-order valence-corrected chi connectivity index (χ0v) is 10.9. The Kier molecular flexibility index (Phi) is 3.21. The summed E-state index contributed by atoms with van der Waals surface area (Å²) in [6.07, 6.45) is 1.67. The van der Waals surface area contributed by atoms with Gasteiger partial charge >= 0.3 is 0 Å². The molecule has 1 fully saturated rings. The van der Waals surface area contributed by atoms with Crippen molar-refractivity contribution in [1.82, 2.24) is 10.3 Å². The van der Waals surface area contributed by atoms with Gasteiger partial charge in [0, 0.05) is 18.7 Å². The molecule has 2 aromatic rings. The Morgan fingerprint density at radius 2 is 2.47 bits per heavy atom. The van der Waals surface area contributed by atoms with Crippen molar-refractivity contribution in [1.29, 1.82) is 0 Å². The highest BCUT2D eigenvalue weighted by molar-refractivity contribution is 5.94. The van der Waals surface area contributed by atoms with Gasteiger partial charge in [-0.2, -0.15) is 0 Å². The van der Waals surface area contributed by atoms with Crippen LogP contribution in [0.1, 0.15) is 19.2 Å². The second-order valence-corrected chi connectivity index (χ2v) is 4.82. The summed E-state index contributed by atoms with van der Waals surface area (Å²) in [7, 11) is 0. The third-order valence-electron chi connectivity index (χ3n) is 3.43. The smallest absolute Gasteiger partial charge is 0.228 e. The topological polar surface area (TPSA) is 67.2 Å². The molecule has 1 aromatic carbocycles. The van der Waals surface area contributed by atoms with Gasteiger partial charge in [0.25, 0.3) is 0 Å². The van der Waals surface area contributed by atoms with Gasteiger partial charge in [0.05, 0.1) is 5.92 Å². The lowest BCUT2D eigenvalue weighted by Crippen LogP contribution is -2.24. The van der Waals surface area contributed by atoms with Crippen molar-refractivity contribution in [2.24, 2.45) is 5.92 Å². The minimum Gasteiger partial charge on any atom is -0.441 e. The van der Waals surface area contributed by atoms with E-state index in [1.165, 1.54) is 0 Å². The maximum Gasteiger partial charge on any atom is 0.228 e. The summed E-state index contributed by atoms with van der Waals surface area (Å²) in [4.78, 5) is 16.4.